The number of carbonyl (C=O) groups is 3. The van der Waals surface area contributed by atoms with Gasteiger partial charge in [-0.05, 0) is 43.3 Å². The summed E-state index contributed by atoms with van der Waals surface area (Å²) >= 11 is 18.3. The summed E-state index contributed by atoms with van der Waals surface area (Å²) in [6.07, 6.45) is -5.03. The Morgan fingerprint density at radius 1 is 0.884 bits per heavy atom. The van der Waals surface area contributed by atoms with Gasteiger partial charge in [-0.2, -0.15) is 0 Å². The third-order valence-electron chi connectivity index (χ3n) is 6.24. The molecule has 0 unspecified atom stereocenters. The molecule has 1 aliphatic heterocycles. The Balaban J connectivity index is 1.61. The third-order valence-corrected chi connectivity index (χ3v) is 7.75. The highest BCUT2D eigenvalue weighted by atomic mass is 35.6. The summed E-state index contributed by atoms with van der Waals surface area (Å²) in [5, 5.41) is 14.1. The van der Waals surface area contributed by atoms with Crippen LogP contribution in [0.2, 0.25) is 0 Å². The Kier molecular flexibility index (Phi) is 11.6. The van der Waals surface area contributed by atoms with Gasteiger partial charge in [0.05, 0.1) is 17.2 Å². The number of rotatable bonds is 9. The van der Waals surface area contributed by atoms with Gasteiger partial charge in [-0.3, -0.25) is 0 Å². The van der Waals surface area contributed by atoms with E-state index >= 15 is 0 Å². The van der Waals surface area contributed by atoms with Crippen molar-refractivity contribution in [2.45, 2.75) is 45.4 Å². The summed E-state index contributed by atoms with van der Waals surface area (Å²) in [5.41, 5.74) is 0.596. The van der Waals surface area contributed by atoms with Crippen LogP contribution >= 0.6 is 46.6 Å². The molecular formula is C30H28Cl3NO8S. The molecule has 4 rings (SSSR count). The van der Waals surface area contributed by atoms with E-state index in [1.807, 2.05) is 31.2 Å². The summed E-state index contributed by atoms with van der Waals surface area (Å²) in [5.74, 6) is -1.39. The predicted molar refractivity (Wildman–Crippen MR) is 163 cm³/mol. The molecule has 0 saturated carbocycles. The highest BCUT2D eigenvalue weighted by molar-refractivity contribution is 7.99. The van der Waals surface area contributed by atoms with Crippen LogP contribution < -0.4 is 5.32 Å². The van der Waals surface area contributed by atoms with E-state index in [9.17, 15) is 19.5 Å². The van der Waals surface area contributed by atoms with Crippen molar-refractivity contribution in [2.75, 3.05) is 13.2 Å². The van der Waals surface area contributed by atoms with Crippen molar-refractivity contribution >= 4 is 64.6 Å². The first-order valence-corrected chi connectivity index (χ1v) is 15.1. The second-order valence-electron chi connectivity index (χ2n) is 9.53. The van der Waals surface area contributed by atoms with Crippen LogP contribution in [0.15, 0.2) is 89.8 Å². The molecule has 43 heavy (non-hydrogen) atoms. The van der Waals surface area contributed by atoms with Crippen molar-refractivity contribution in [3.05, 3.63) is 102 Å². The number of alkyl halides is 3. The zero-order valence-electron chi connectivity index (χ0n) is 22.7. The number of aryl methyl sites for hydroxylation is 1. The molecule has 1 heterocycles. The van der Waals surface area contributed by atoms with Gasteiger partial charge in [-0.1, -0.05) is 101 Å². The van der Waals surface area contributed by atoms with Gasteiger partial charge < -0.3 is 29.4 Å². The number of amides is 1. The number of hydrogen-bond donors (Lipinski definition) is 2. The average Bonchev–Trinajstić information content (AvgIpc) is 2.99. The molecule has 0 radical (unpaired) electrons. The summed E-state index contributed by atoms with van der Waals surface area (Å²) in [6, 6.07) is 22.7. The molecule has 1 aliphatic rings. The number of esters is 2. The van der Waals surface area contributed by atoms with E-state index in [0.29, 0.717) is 5.56 Å². The van der Waals surface area contributed by atoms with E-state index in [0.717, 1.165) is 10.5 Å². The zero-order chi connectivity index (χ0) is 31.0. The summed E-state index contributed by atoms with van der Waals surface area (Å²) in [4.78, 5) is 39.2. The Morgan fingerprint density at radius 3 is 2.05 bits per heavy atom. The van der Waals surface area contributed by atoms with Crippen molar-refractivity contribution in [3.63, 3.8) is 0 Å². The normalized spacial score (nSPS) is 21.8. The van der Waals surface area contributed by atoms with Crippen molar-refractivity contribution < 1.29 is 38.4 Å². The highest BCUT2D eigenvalue weighted by Crippen LogP contribution is 2.35. The molecule has 9 nitrogen and oxygen atoms in total. The number of ether oxygens (including phenoxy) is 4. The Hall–Kier alpha value is -2.99. The van der Waals surface area contributed by atoms with Gasteiger partial charge in [0.15, 0.2) is 6.10 Å². The minimum atomic E-state index is -1.86. The monoisotopic (exact) mass is 667 g/mol. The second-order valence-corrected chi connectivity index (χ2v) is 13.2. The second kappa shape index (κ2) is 15.1. The molecule has 13 heteroatoms. The van der Waals surface area contributed by atoms with Crippen LogP contribution in [0.4, 0.5) is 4.79 Å². The first-order valence-electron chi connectivity index (χ1n) is 13.1. The van der Waals surface area contributed by atoms with Crippen LogP contribution in [-0.2, 0) is 18.9 Å². The number of carbonyl (C=O) groups excluding carboxylic acids is 3. The van der Waals surface area contributed by atoms with Crippen LogP contribution in [0, 0.1) is 6.92 Å². The molecule has 1 saturated heterocycles. The third kappa shape index (κ3) is 9.76. The quantitative estimate of drug-likeness (QED) is 0.168. The van der Waals surface area contributed by atoms with Crippen LogP contribution in [0.5, 0.6) is 0 Å². The van der Waals surface area contributed by atoms with Crippen LogP contribution in [0.25, 0.3) is 0 Å². The maximum atomic E-state index is 13.1. The minimum Gasteiger partial charge on any atom is -0.459 e. The first kappa shape index (κ1) is 32.9. The smallest absolute Gasteiger partial charge is 0.407 e. The number of hydrogen-bond acceptors (Lipinski definition) is 9. The largest absolute Gasteiger partial charge is 0.459 e. The van der Waals surface area contributed by atoms with Crippen molar-refractivity contribution in [3.8, 4) is 0 Å². The fraction of sp³-hybridized carbons (Fsp3) is 0.300. The molecular weight excluding hydrogens is 641 g/mol. The Bertz CT molecular complexity index is 1380. The molecule has 1 fully saturated rings. The molecule has 1 amide bonds. The molecule has 0 aromatic heterocycles. The fourth-order valence-electron chi connectivity index (χ4n) is 4.11. The van der Waals surface area contributed by atoms with E-state index in [-0.39, 0.29) is 12.2 Å². The molecule has 0 aliphatic carbocycles. The molecule has 5 atom stereocenters. The molecule has 2 N–H and O–H groups in total. The fourth-order valence-corrected chi connectivity index (χ4v) is 5.41. The van der Waals surface area contributed by atoms with Gasteiger partial charge in [0.1, 0.15) is 30.9 Å². The van der Waals surface area contributed by atoms with Crippen molar-refractivity contribution in [1.29, 1.82) is 0 Å². The summed E-state index contributed by atoms with van der Waals surface area (Å²) < 4.78 is 20.7. The van der Waals surface area contributed by atoms with E-state index in [2.05, 4.69) is 5.32 Å². The van der Waals surface area contributed by atoms with E-state index < -0.39 is 58.2 Å². The molecule has 228 valence electrons. The molecule has 0 bridgehead atoms. The first-order chi connectivity index (χ1) is 20.5. The average molecular weight is 669 g/mol. The van der Waals surface area contributed by atoms with Crippen LogP contribution in [-0.4, -0.2) is 69.9 Å². The zero-order valence-corrected chi connectivity index (χ0v) is 25.8. The lowest BCUT2D eigenvalue weighted by Gasteiger charge is -2.43. The number of alkyl carbamates (subject to hydrolysis) is 1. The molecule has 3 aromatic rings. The summed E-state index contributed by atoms with van der Waals surface area (Å²) in [6.45, 7) is 1.00. The van der Waals surface area contributed by atoms with Crippen molar-refractivity contribution in [2.24, 2.45) is 0 Å². The van der Waals surface area contributed by atoms with Gasteiger partial charge in [0.25, 0.3) is 0 Å². The lowest BCUT2D eigenvalue weighted by Crippen LogP contribution is -2.64. The van der Waals surface area contributed by atoms with Gasteiger partial charge in [0.2, 0.25) is 3.79 Å². The number of thioether (sulfide) groups is 1. The lowest BCUT2D eigenvalue weighted by molar-refractivity contribution is -0.172. The van der Waals surface area contributed by atoms with E-state index in [1.54, 1.807) is 60.7 Å². The van der Waals surface area contributed by atoms with Gasteiger partial charge in [-0.25, -0.2) is 14.4 Å². The number of benzene rings is 3. The Labute approximate surface area is 267 Å². The SMILES string of the molecule is Cc1ccc(S[C@@H]2O[C@H](COC(=O)c3ccccc3)[C@H](OC(=O)c3ccccc3)[C@H](O)[C@H]2NC(=O)OCC(Cl)(Cl)Cl)cc1. The van der Waals surface area contributed by atoms with Gasteiger partial charge in [-0.15, -0.1) is 0 Å². The number of halogens is 3. The Morgan fingerprint density at radius 2 is 1.47 bits per heavy atom. The summed E-state index contributed by atoms with van der Waals surface area (Å²) in [7, 11) is 0. The van der Waals surface area contributed by atoms with Gasteiger partial charge in [0, 0.05) is 4.90 Å². The van der Waals surface area contributed by atoms with Crippen LogP contribution in [0.3, 0.4) is 0 Å². The highest BCUT2D eigenvalue weighted by Gasteiger charge is 2.49. The van der Waals surface area contributed by atoms with E-state index in [4.69, 9.17) is 53.8 Å². The minimum absolute atomic E-state index is 0.220. The van der Waals surface area contributed by atoms with Gasteiger partial charge >= 0.3 is 18.0 Å². The topological polar surface area (TPSA) is 120 Å². The number of aliphatic hydroxyl groups is 1. The maximum absolute atomic E-state index is 13.1. The van der Waals surface area contributed by atoms with E-state index in [1.165, 1.54) is 11.8 Å². The lowest BCUT2D eigenvalue weighted by atomic mass is 9.97. The predicted octanol–water partition coefficient (Wildman–Crippen LogP) is 5.72. The number of nitrogens with one attached hydrogen (secondary N) is 1. The standard InChI is InChI=1S/C30H28Cl3NO8S/c1-18-12-14-21(15-13-18)43-28-23(34-29(38)40-17-30(31,32)33)24(35)25(42-27(37)20-10-6-3-7-11-20)22(41-28)16-39-26(36)19-8-4-2-5-9-19/h2-15,22-25,28,35H,16-17H2,1H3,(H,34,38)/t22-,23-,24-,25+,28+/m1/s1. The van der Waals surface area contributed by atoms with Crippen LogP contribution in [0.1, 0.15) is 26.3 Å². The maximum Gasteiger partial charge on any atom is 0.407 e. The molecule has 0 spiro atoms. The molecule has 3 aromatic carbocycles. The van der Waals surface area contributed by atoms with Crippen molar-refractivity contribution in [1.82, 2.24) is 5.32 Å². The number of aliphatic hydroxyl groups excluding tert-OH is 1.